The van der Waals surface area contributed by atoms with Crippen LogP contribution in [-0.4, -0.2) is 45.2 Å². The minimum atomic E-state index is -3.52. The highest BCUT2D eigenvalue weighted by atomic mass is 32.2. The van der Waals surface area contributed by atoms with Crippen LogP contribution in [0.25, 0.3) is 0 Å². The molecule has 3 N–H and O–H groups in total. The van der Waals surface area contributed by atoms with E-state index in [1.807, 2.05) is 0 Å². The molecule has 1 aromatic carbocycles. The predicted molar refractivity (Wildman–Crippen MR) is 84.6 cm³/mol. The molecular weight excluding hydrogens is 320 g/mol. The number of aliphatic hydroxyl groups excluding tert-OH is 1. The summed E-state index contributed by atoms with van der Waals surface area (Å²) in [6.45, 7) is -0.148. The summed E-state index contributed by atoms with van der Waals surface area (Å²) in [7, 11) is -3.52. The number of hydrogen-bond donors (Lipinski definition) is 3. The van der Waals surface area contributed by atoms with Gasteiger partial charge in [0.15, 0.2) is 6.61 Å². The van der Waals surface area contributed by atoms with E-state index < -0.39 is 10.0 Å². The smallest absolute Gasteiger partial charge is 0.258 e. The van der Waals surface area contributed by atoms with Crippen molar-refractivity contribution < 1.29 is 23.1 Å². The molecule has 0 aliphatic heterocycles. The summed E-state index contributed by atoms with van der Waals surface area (Å²) in [6, 6.07) is 5.97. The number of rotatable bonds is 8. The van der Waals surface area contributed by atoms with Crippen LogP contribution < -0.4 is 14.8 Å². The number of sulfonamides is 1. The number of ether oxygens (including phenoxy) is 1. The zero-order valence-corrected chi connectivity index (χ0v) is 13.6. The Morgan fingerprint density at radius 2 is 1.87 bits per heavy atom. The molecule has 0 spiro atoms. The molecule has 0 saturated heterocycles. The van der Waals surface area contributed by atoms with Gasteiger partial charge in [0.2, 0.25) is 10.0 Å². The van der Waals surface area contributed by atoms with Crippen LogP contribution in [0, 0.1) is 0 Å². The van der Waals surface area contributed by atoms with E-state index in [1.54, 1.807) is 0 Å². The van der Waals surface area contributed by atoms with Crippen LogP contribution in [-0.2, 0) is 14.8 Å². The van der Waals surface area contributed by atoms with Gasteiger partial charge in [0.25, 0.3) is 5.91 Å². The third kappa shape index (κ3) is 5.49. The van der Waals surface area contributed by atoms with E-state index in [0.717, 1.165) is 25.7 Å². The standard InChI is InChI=1S/C15H22N2O5S/c18-10-9-16-15(19)11-22-13-5-7-14(8-6-13)23(20,21)17-12-3-1-2-4-12/h5-8,12,17-18H,1-4,9-11H2,(H,16,19). The van der Waals surface area contributed by atoms with Crippen LogP contribution in [0.3, 0.4) is 0 Å². The van der Waals surface area contributed by atoms with Gasteiger partial charge >= 0.3 is 0 Å². The van der Waals surface area contributed by atoms with E-state index in [9.17, 15) is 13.2 Å². The number of aliphatic hydroxyl groups is 1. The lowest BCUT2D eigenvalue weighted by atomic mass is 10.3. The summed E-state index contributed by atoms with van der Waals surface area (Å²) in [5, 5.41) is 11.0. The summed E-state index contributed by atoms with van der Waals surface area (Å²) in [5.74, 6) is 0.0580. The molecule has 0 bridgehead atoms. The maximum absolute atomic E-state index is 12.2. The van der Waals surface area contributed by atoms with E-state index >= 15 is 0 Å². The second kappa shape index (κ2) is 8.28. The molecule has 1 aliphatic carbocycles. The van der Waals surface area contributed by atoms with Crippen molar-refractivity contribution in [3.63, 3.8) is 0 Å². The maximum Gasteiger partial charge on any atom is 0.258 e. The Morgan fingerprint density at radius 1 is 1.22 bits per heavy atom. The normalized spacial score (nSPS) is 15.5. The topological polar surface area (TPSA) is 105 Å². The molecule has 7 nitrogen and oxygen atoms in total. The van der Waals surface area contributed by atoms with Gasteiger partial charge in [-0.2, -0.15) is 0 Å². The Hall–Kier alpha value is -1.64. The molecule has 128 valence electrons. The maximum atomic E-state index is 12.2. The lowest BCUT2D eigenvalue weighted by molar-refractivity contribution is -0.123. The van der Waals surface area contributed by atoms with Gasteiger partial charge in [-0.3, -0.25) is 4.79 Å². The first kappa shape index (κ1) is 17.7. The van der Waals surface area contributed by atoms with Crippen LogP contribution in [0.2, 0.25) is 0 Å². The van der Waals surface area contributed by atoms with Gasteiger partial charge in [0.1, 0.15) is 5.75 Å². The largest absolute Gasteiger partial charge is 0.484 e. The molecule has 2 rings (SSSR count). The SMILES string of the molecule is O=C(COc1ccc(S(=O)(=O)NC2CCCC2)cc1)NCCO. The van der Waals surface area contributed by atoms with Crippen LogP contribution in [0.1, 0.15) is 25.7 Å². The van der Waals surface area contributed by atoms with Crippen molar-refractivity contribution in [1.82, 2.24) is 10.0 Å². The summed E-state index contributed by atoms with van der Waals surface area (Å²) < 4.78 is 32.5. The first-order valence-corrected chi connectivity index (χ1v) is 9.12. The monoisotopic (exact) mass is 342 g/mol. The molecule has 1 saturated carbocycles. The highest BCUT2D eigenvalue weighted by Crippen LogP contribution is 2.21. The molecule has 0 heterocycles. The molecule has 1 amide bonds. The highest BCUT2D eigenvalue weighted by Gasteiger charge is 2.22. The van der Waals surface area contributed by atoms with Gasteiger partial charge < -0.3 is 15.2 Å². The average Bonchev–Trinajstić information content (AvgIpc) is 3.03. The number of benzene rings is 1. The van der Waals surface area contributed by atoms with Crippen molar-refractivity contribution in [2.45, 2.75) is 36.6 Å². The number of carbonyl (C=O) groups excluding carboxylic acids is 1. The van der Waals surface area contributed by atoms with Crippen molar-refractivity contribution in [3.05, 3.63) is 24.3 Å². The van der Waals surface area contributed by atoms with Gasteiger partial charge in [-0.15, -0.1) is 0 Å². The fourth-order valence-electron chi connectivity index (χ4n) is 2.44. The van der Waals surface area contributed by atoms with E-state index in [2.05, 4.69) is 10.0 Å². The molecule has 8 heteroatoms. The van der Waals surface area contributed by atoms with Crippen molar-refractivity contribution >= 4 is 15.9 Å². The number of amides is 1. The molecule has 0 radical (unpaired) electrons. The molecule has 1 fully saturated rings. The fraction of sp³-hybridized carbons (Fsp3) is 0.533. The molecular formula is C15H22N2O5S. The Balaban J connectivity index is 1.89. The average molecular weight is 342 g/mol. The zero-order valence-electron chi connectivity index (χ0n) is 12.8. The van der Waals surface area contributed by atoms with E-state index in [4.69, 9.17) is 9.84 Å². The van der Waals surface area contributed by atoms with Crippen molar-refractivity contribution in [3.8, 4) is 5.75 Å². The van der Waals surface area contributed by atoms with Crippen molar-refractivity contribution in [1.29, 1.82) is 0 Å². The molecule has 23 heavy (non-hydrogen) atoms. The summed E-state index contributed by atoms with van der Waals surface area (Å²) >= 11 is 0. The van der Waals surface area contributed by atoms with Gasteiger partial charge in [-0.1, -0.05) is 12.8 Å². The van der Waals surface area contributed by atoms with Gasteiger partial charge in [-0.05, 0) is 37.1 Å². The zero-order chi connectivity index (χ0) is 16.7. The van der Waals surface area contributed by atoms with Crippen molar-refractivity contribution in [2.24, 2.45) is 0 Å². The molecule has 1 aromatic rings. The van der Waals surface area contributed by atoms with Crippen LogP contribution in [0.4, 0.5) is 0 Å². The highest BCUT2D eigenvalue weighted by molar-refractivity contribution is 7.89. The number of hydrogen-bond acceptors (Lipinski definition) is 5. The van der Waals surface area contributed by atoms with E-state index in [-0.39, 0.29) is 36.6 Å². The third-order valence-corrected chi connectivity index (χ3v) is 5.15. The second-order valence-electron chi connectivity index (χ2n) is 5.44. The molecule has 0 unspecified atom stereocenters. The first-order chi connectivity index (χ1) is 11.0. The van der Waals surface area contributed by atoms with Crippen LogP contribution in [0.15, 0.2) is 29.2 Å². The lowest BCUT2D eigenvalue weighted by Gasteiger charge is -2.13. The quantitative estimate of drug-likeness (QED) is 0.634. The Morgan fingerprint density at radius 3 is 2.48 bits per heavy atom. The van der Waals surface area contributed by atoms with Crippen LogP contribution >= 0.6 is 0 Å². The predicted octanol–water partition coefficient (Wildman–Crippen LogP) is 0.395. The van der Waals surface area contributed by atoms with E-state index in [0.29, 0.717) is 5.75 Å². The first-order valence-electron chi connectivity index (χ1n) is 7.64. The Labute approximate surface area is 136 Å². The summed E-state index contributed by atoms with van der Waals surface area (Å²) in [6.07, 6.45) is 3.86. The summed E-state index contributed by atoms with van der Waals surface area (Å²) in [5.41, 5.74) is 0. The van der Waals surface area contributed by atoms with Crippen molar-refractivity contribution in [2.75, 3.05) is 19.8 Å². The minimum Gasteiger partial charge on any atom is -0.484 e. The molecule has 1 aliphatic rings. The Kier molecular flexibility index (Phi) is 6.37. The van der Waals surface area contributed by atoms with Gasteiger partial charge in [0, 0.05) is 12.6 Å². The van der Waals surface area contributed by atoms with Crippen LogP contribution in [0.5, 0.6) is 5.75 Å². The second-order valence-corrected chi connectivity index (χ2v) is 7.15. The lowest BCUT2D eigenvalue weighted by Crippen LogP contribution is -2.32. The summed E-state index contributed by atoms with van der Waals surface area (Å²) in [4.78, 5) is 11.5. The minimum absolute atomic E-state index is 0.0196. The fourth-order valence-corrected chi connectivity index (χ4v) is 3.75. The Bertz CT molecular complexity index is 609. The van der Waals surface area contributed by atoms with Gasteiger partial charge in [-0.25, -0.2) is 13.1 Å². The molecule has 0 aromatic heterocycles. The molecule has 0 atom stereocenters. The van der Waals surface area contributed by atoms with Gasteiger partial charge in [0.05, 0.1) is 11.5 Å². The number of nitrogens with one attached hydrogen (secondary N) is 2. The van der Waals surface area contributed by atoms with E-state index in [1.165, 1.54) is 24.3 Å². The number of carbonyl (C=O) groups is 1. The third-order valence-electron chi connectivity index (χ3n) is 3.61.